The van der Waals surface area contributed by atoms with Crippen molar-refractivity contribution in [3.63, 3.8) is 0 Å². The fourth-order valence-electron chi connectivity index (χ4n) is 4.14. The summed E-state index contributed by atoms with van der Waals surface area (Å²) in [5, 5.41) is -0.442. The number of thioether (sulfide) groups is 2. The van der Waals surface area contributed by atoms with Gasteiger partial charge < -0.3 is 9.47 Å². The highest BCUT2D eigenvalue weighted by atomic mass is 32.2. The van der Waals surface area contributed by atoms with Gasteiger partial charge in [0.05, 0.1) is 14.2 Å². The Kier molecular flexibility index (Phi) is 22.6. The zero-order chi connectivity index (χ0) is 28.1. The molecule has 0 rings (SSSR count). The zero-order valence-electron chi connectivity index (χ0n) is 24.4. The van der Waals surface area contributed by atoms with Crippen LogP contribution in [0.2, 0.25) is 0 Å². The van der Waals surface area contributed by atoms with Crippen molar-refractivity contribution in [3.05, 3.63) is 23.3 Å². The van der Waals surface area contributed by atoms with Gasteiger partial charge in [-0.1, -0.05) is 120 Å². The Morgan fingerprint density at radius 2 is 1.43 bits per heavy atom. The quantitative estimate of drug-likeness (QED) is 0.0473. The van der Waals surface area contributed by atoms with Crippen molar-refractivity contribution in [3.8, 4) is 0 Å². The molecule has 0 aliphatic rings. The fraction of sp³-hybridized carbons (Fsp3) is 0.767. The molecule has 37 heavy (non-hydrogen) atoms. The molecule has 7 heteroatoms. The average molecular weight is 573 g/mol. The van der Waals surface area contributed by atoms with E-state index >= 15 is 0 Å². The summed E-state index contributed by atoms with van der Waals surface area (Å²) in [5.74, 6) is 1.07. The van der Waals surface area contributed by atoms with Gasteiger partial charge >= 0.3 is 11.9 Å². The van der Waals surface area contributed by atoms with E-state index in [0.717, 1.165) is 39.7 Å². The molecule has 0 N–H and O–H groups in total. The van der Waals surface area contributed by atoms with E-state index in [0.29, 0.717) is 5.92 Å². The van der Waals surface area contributed by atoms with E-state index in [4.69, 9.17) is 21.7 Å². The van der Waals surface area contributed by atoms with Gasteiger partial charge in [-0.25, -0.2) is 4.79 Å². The van der Waals surface area contributed by atoms with Crippen molar-refractivity contribution in [2.45, 2.75) is 117 Å². The molecule has 0 heterocycles. The van der Waals surface area contributed by atoms with Crippen molar-refractivity contribution in [2.24, 2.45) is 11.8 Å². The average Bonchev–Trinajstić information content (AvgIpc) is 2.87. The van der Waals surface area contributed by atoms with Crippen LogP contribution in [0.15, 0.2) is 23.3 Å². The number of carbonyl (C=O) groups is 2. The number of hydrogen-bond acceptors (Lipinski definition) is 7. The molecule has 1 unspecified atom stereocenters. The number of allylic oxidation sites excluding steroid dienone is 2. The van der Waals surface area contributed by atoms with Crippen molar-refractivity contribution in [2.75, 3.05) is 20.0 Å². The Hall–Kier alpha value is -0.790. The third kappa shape index (κ3) is 19.0. The van der Waals surface area contributed by atoms with Crippen LogP contribution in [0.4, 0.5) is 0 Å². The van der Waals surface area contributed by atoms with Gasteiger partial charge in [-0.2, -0.15) is 0 Å². The summed E-state index contributed by atoms with van der Waals surface area (Å²) in [6, 6.07) is 0. The molecule has 0 spiro atoms. The molecular formula is C30H52O4S3. The topological polar surface area (TPSA) is 52.6 Å². The Morgan fingerprint density at radius 3 is 1.95 bits per heavy atom. The molecule has 0 saturated carbocycles. The van der Waals surface area contributed by atoms with Gasteiger partial charge in [0.2, 0.25) is 0 Å². The van der Waals surface area contributed by atoms with Gasteiger partial charge in [0.15, 0.2) is 0 Å². The second-order valence-electron chi connectivity index (χ2n) is 10.2. The summed E-state index contributed by atoms with van der Waals surface area (Å²) in [5.41, 5.74) is 1.94. The summed E-state index contributed by atoms with van der Waals surface area (Å²) in [6.07, 6.45) is 18.6. The van der Waals surface area contributed by atoms with Gasteiger partial charge in [-0.05, 0) is 50.7 Å². The van der Waals surface area contributed by atoms with Gasteiger partial charge in [0, 0.05) is 6.08 Å². The first-order valence-electron chi connectivity index (χ1n) is 14.0. The summed E-state index contributed by atoms with van der Waals surface area (Å²) in [6.45, 7) is 10.5. The van der Waals surface area contributed by atoms with E-state index in [9.17, 15) is 9.59 Å². The molecule has 0 radical (unpaired) electrons. The third-order valence-electron chi connectivity index (χ3n) is 6.43. The van der Waals surface area contributed by atoms with Crippen LogP contribution in [-0.4, -0.2) is 40.7 Å². The maximum Gasteiger partial charge on any atom is 0.330 e. The van der Waals surface area contributed by atoms with Crippen LogP contribution in [-0.2, 0) is 19.1 Å². The lowest BCUT2D eigenvalue weighted by Gasteiger charge is -2.20. The van der Waals surface area contributed by atoms with Crippen molar-refractivity contribution >= 4 is 51.2 Å². The van der Waals surface area contributed by atoms with E-state index < -0.39 is 5.25 Å². The number of esters is 2. The first-order chi connectivity index (χ1) is 17.7. The smallest absolute Gasteiger partial charge is 0.330 e. The van der Waals surface area contributed by atoms with Crippen LogP contribution in [0.5, 0.6) is 0 Å². The van der Waals surface area contributed by atoms with Crippen molar-refractivity contribution in [1.29, 1.82) is 0 Å². The number of rotatable bonds is 20. The molecule has 2 atom stereocenters. The van der Waals surface area contributed by atoms with E-state index in [1.165, 1.54) is 83.8 Å². The number of unbranched alkanes of at least 4 members (excludes halogenated alkanes) is 9. The van der Waals surface area contributed by atoms with Crippen LogP contribution in [0.25, 0.3) is 0 Å². The van der Waals surface area contributed by atoms with Gasteiger partial charge in [0.25, 0.3) is 0 Å². The molecule has 0 saturated heterocycles. The number of methoxy groups -OCH3 is 2. The summed E-state index contributed by atoms with van der Waals surface area (Å²) >= 11 is 8.70. The lowest BCUT2D eigenvalue weighted by molar-refractivity contribution is -0.139. The van der Waals surface area contributed by atoms with Gasteiger partial charge in [0.1, 0.15) is 8.78 Å². The minimum atomic E-state index is -0.442. The van der Waals surface area contributed by atoms with Gasteiger partial charge in [-0.15, -0.1) is 11.8 Å². The minimum absolute atomic E-state index is 0.204. The Bertz CT molecular complexity index is 716. The molecule has 0 aliphatic carbocycles. The molecule has 0 aliphatic heterocycles. The van der Waals surface area contributed by atoms with E-state index in [-0.39, 0.29) is 17.9 Å². The van der Waals surface area contributed by atoms with Crippen LogP contribution in [0.1, 0.15) is 112 Å². The molecule has 0 bridgehead atoms. The highest BCUT2D eigenvalue weighted by Gasteiger charge is 2.24. The maximum atomic E-state index is 12.6. The van der Waals surface area contributed by atoms with Crippen molar-refractivity contribution in [1.82, 2.24) is 0 Å². The molecule has 214 valence electrons. The molecule has 0 aromatic heterocycles. The van der Waals surface area contributed by atoms with E-state index in [2.05, 4.69) is 26.8 Å². The lowest BCUT2D eigenvalue weighted by Crippen LogP contribution is -2.21. The molecule has 0 fully saturated rings. The standard InChI is InChI=1S/C30H52O4S3/c1-8-9-10-11-12-13-14-15-16-17-20-36-30(35)37-28(29(32)34-7)24(4)18-19-26(21-23(2)3)25(5)22-27(31)33-6/h18,22-23,26,28H,8-17,19-21H2,1-7H3/b24-18+,25-22+/t26?,28-/m1/s1. The fourth-order valence-corrected chi connectivity index (χ4v) is 6.68. The summed E-state index contributed by atoms with van der Waals surface area (Å²) in [4.78, 5) is 24.3. The van der Waals surface area contributed by atoms with E-state index in [1.807, 2.05) is 13.8 Å². The largest absolute Gasteiger partial charge is 0.468 e. The summed E-state index contributed by atoms with van der Waals surface area (Å²) < 4.78 is 10.7. The molecular weight excluding hydrogens is 521 g/mol. The Labute approximate surface area is 241 Å². The number of carbonyl (C=O) groups excluding carboxylic acids is 2. The normalized spacial score (nSPS) is 13.9. The second kappa shape index (κ2) is 23.1. The first-order valence-corrected chi connectivity index (χ1v) is 16.3. The predicted molar refractivity (Wildman–Crippen MR) is 167 cm³/mol. The van der Waals surface area contributed by atoms with Crippen LogP contribution in [0, 0.1) is 11.8 Å². The second-order valence-corrected chi connectivity index (χ2v) is 13.6. The van der Waals surface area contributed by atoms with Gasteiger partial charge in [-0.3, -0.25) is 4.79 Å². The molecule has 0 aromatic carbocycles. The number of thiocarbonyl (C=S) groups is 1. The predicted octanol–water partition coefficient (Wildman–Crippen LogP) is 9.32. The highest BCUT2D eigenvalue weighted by molar-refractivity contribution is 8.47. The van der Waals surface area contributed by atoms with E-state index in [1.54, 1.807) is 17.8 Å². The highest BCUT2D eigenvalue weighted by Crippen LogP contribution is 2.31. The molecule has 0 amide bonds. The first kappa shape index (κ1) is 36.2. The summed E-state index contributed by atoms with van der Waals surface area (Å²) in [7, 11) is 2.82. The SMILES string of the molecule is CCCCCCCCCCCCSC(=S)S[C@@H](C(=O)OC)/C(C)=C/CC(CC(C)C)/C(C)=C/C(=O)OC. The maximum absolute atomic E-state index is 12.6. The number of hydrogen-bond donors (Lipinski definition) is 0. The molecule has 4 nitrogen and oxygen atoms in total. The Balaban J connectivity index is 4.72. The zero-order valence-corrected chi connectivity index (χ0v) is 26.9. The minimum Gasteiger partial charge on any atom is -0.468 e. The van der Waals surface area contributed by atoms with Crippen LogP contribution >= 0.6 is 35.7 Å². The Morgan fingerprint density at radius 1 is 0.865 bits per heavy atom. The van der Waals surface area contributed by atoms with Crippen LogP contribution < -0.4 is 0 Å². The number of ether oxygens (including phenoxy) is 2. The lowest BCUT2D eigenvalue weighted by atomic mass is 9.87. The third-order valence-corrected chi connectivity index (χ3v) is 9.44. The van der Waals surface area contributed by atoms with Crippen LogP contribution in [0.3, 0.4) is 0 Å². The van der Waals surface area contributed by atoms with Crippen molar-refractivity contribution < 1.29 is 19.1 Å². The monoisotopic (exact) mass is 572 g/mol. The molecule has 0 aromatic rings.